The van der Waals surface area contributed by atoms with E-state index < -0.39 is 0 Å². The molecule has 1 aliphatic heterocycles. The molecule has 27 heavy (non-hydrogen) atoms. The zero-order valence-corrected chi connectivity index (χ0v) is 16.6. The predicted octanol–water partition coefficient (Wildman–Crippen LogP) is 3.24. The molecule has 144 valence electrons. The molecule has 1 aromatic heterocycles. The van der Waals surface area contributed by atoms with Crippen LogP contribution in [-0.4, -0.2) is 49.9 Å². The van der Waals surface area contributed by atoms with Crippen molar-refractivity contribution in [2.75, 3.05) is 38.1 Å². The molecule has 2 aromatic rings. The quantitative estimate of drug-likeness (QED) is 0.745. The zero-order valence-electron chi connectivity index (χ0n) is 15.8. The van der Waals surface area contributed by atoms with Gasteiger partial charge in [-0.15, -0.1) is 11.3 Å². The van der Waals surface area contributed by atoms with Crippen molar-refractivity contribution >= 4 is 28.8 Å². The van der Waals surface area contributed by atoms with E-state index in [2.05, 4.69) is 29.4 Å². The normalized spacial score (nSPS) is 14.8. The van der Waals surface area contributed by atoms with Crippen molar-refractivity contribution in [3.05, 3.63) is 52.7 Å². The topological polar surface area (TPSA) is 52.7 Å². The molecule has 0 unspecified atom stereocenters. The second kappa shape index (κ2) is 9.55. The Hall–Kier alpha value is -2.34. The maximum absolute atomic E-state index is 12.4. The number of carbonyl (C=O) groups is 2. The van der Waals surface area contributed by atoms with Crippen LogP contribution in [0.15, 0.2) is 47.8 Å². The average molecular weight is 386 g/mol. The number of hydrogen-bond acceptors (Lipinski definition) is 4. The minimum atomic E-state index is 0.0178. The van der Waals surface area contributed by atoms with Crippen LogP contribution in [0.2, 0.25) is 0 Å². The number of carbonyl (C=O) groups excluding carboxylic acids is 2. The van der Waals surface area contributed by atoms with Crippen LogP contribution in [0, 0.1) is 5.92 Å². The van der Waals surface area contributed by atoms with E-state index in [0.717, 1.165) is 30.7 Å². The minimum absolute atomic E-state index is 0.0178. The molecular weight excluding hydrogens is 358 g/mol. The van der Waals surface area contributed by atoms with Gasteiger partial charge in [-0.05, 0) is 42.8 Å². The van der Waals surface area contributed by atoms with E-state index in [4.69, 9.17) is 0 Å². The molecule has 2 heterocycles. The molecule has 0 saturated carbocycles. The van der Waals surface area contributed by atoms with Crippen LogP contribution in [0.3, 0.4) is 0 Å². The summed E-state index contributed by atoms with van der Waals surface area (Å²) in [7, 11) is 2.07. The summed E-state index contributed by atoms with van der Waals surface area (Å²) < 4.78 is 0. The first-order valence-electron chi connectivity index (χ1n) is 9.52. The summed E-state index contributed by atoms with van der Waals surface area (Å²) in [6, 6.07) is 14.0. The Bertz CT molecular complexity index is 725. The lowest BCUT2D eigenvalue weighted by Crippen LogP contribution is -2.43. The highest BCUT2D eigenvalue weighted by Crippen LogP contribution is 2.21. The summed E-state index contributed by atoms with van der Waals surface area (Å²) in [4.78, 5) is 29.6. The van der Waals surface area contributed by atoms with Crippen LogP contribution in [0.25, 0.3) is 0 Å². The van der Waals surface area contributed by atoms with Gasteiger partial charge < -0.3 is 15.1 Å². The summed E-state index contributed by atoms with van der Waals surface area (Å²) in [6.07, 6.45) is 2.40. The van der Waals surface area contributed by atoms with Gasteiger partial charge in [0, 0.05) is 44.8 Å². The first-order valence-corrected chi connectivity index (χ1v) is 10.4. The molecule has 1 saturated heterocycles. The van der Waals surface area contributed by atoms with Crippen LogP contribution >= 0.6 is 11.3 Å². The predicted molar refractivity (Wildman–Crippen MR) is 110 cm³/mol. The first-order chi connectivity index (χ1) is 13.1. The van der Waals surface area contributed by atoms with Gasteiger partial charge in [0.05, 0.1) is 4.88 Å². The molecule has 1 N–H and O–H groups in total. The van der Waals surface area contributed by atoms with Crippen molar-refractivity contribution in [1.29, 1.82) is 0 Å². The largest absolute Gasteiger partial charge is 0.375 e. The van der Waals surface area contributed by atoms with E-state index in [1.54, 1.807) is 0 Å². The van der Waals surface area contributed by atoms with Gasteiger partial charge in [-0.3, -0.25) is 9.59 Å². The smallest absolute Gasteiger partial charge is 0.263 e. The Labute approximate surface area is 165 Å². The Morgan fingerprint density at radius 3 is 2.56 bits per heavy atom. The second-order valence-corrected chi connectivity index (χ2v) is 7.89. The molecule has 1 fully saturated rings. The highest BCUT2D eigenvalue weighted by Gasteiger charge is 2.27. The Balaban J connectivity index is 1.34. The molecule has 0 atom stereocenters. The van der Waals surface area contributed by atoms with Gasteiger partial charge in [-0.25, -0.2) is 0 Å². The maximum Gasteiger partial charge on any atom is 0.263 e. The fraction of sp³-hybridized carbons (Fsp3) is 0.429. The highest BCUT2D eigenvalue weighted by atomic mass is 32.1. The minimum Gasteiger partial charge on any atom is -0.375 e. The Morgan fingerprint density at radius 2 is 1.89 bits per heavy atom. The number of likely N-dealkylation sites (tertiary alicyclic amines) is 1. The molecule has 6 heteroatoms. The van der Waals surface area contributed by atoms with Crippen LogP contribution in [0.1, 0.15) is 28.9 Å². The monoisotopic (exact) mass is 385 g/mol. The van der Waals surface area contributed by atoms with Crippen molar-refractivity contribution in [2.24, 2.45) is 5.92 Å². The van der Waals surface area contributed by atoms with Gasteiger partial charge in [-0.1, -0.05) is 24.3 Å². The zero-order chi connectivity index (χ0) is 19.1. The van der Waals surface area contributed by atoms with Crippen molar-refractivity contribution in [2.45, 2.75) is 19.3 Å². The number of nitrogens with one attached hydrogen (secondary N) is 1. The van der Waals surface area contributed by atoms with Crippen LogP contribution in [0.5, 0.6) is 0 Å². The van der Waals surface area contributed by atoms with E-state index >= 15 is 0 Å². The third-order valence-electron chi connectivity index (χ3n) is 5.05. The summed E-state index contributed by atoms with van der Waals surface area (Å²) in [5.74, 6) is 0.234. The van der Waals surface area contributed by atoms with Crippen LogP contribution < -0.4 is 10.2 Å². The van der Waals surface area contributed by atoms with E-state index in [-0.39, 0.29) is 17.7 Å². The highest BCUT2D eigenvalue weighted by molar-refractivity contribution is 7.12. The molecule has 0 spiro atoms. The molecule has 5 nitrogen and oxygen atoms in total. The Morgan fingerprint density at radius 1 is 1.15 bits per heavy atom. The number of benzene rings is 1. The van der Waals surface area contributed by atoms with Crippen LogP contribution in [0.4, 0.5) is 5.69 Å². The van der Waals surface area contributed by atoms with E-state index in [9.17, 15) is 9.59 Å². The van der Waals surface area contributed by atoms with Gasteiger partial charge >= 0.3 is 0 Å². The number of amides is 2. The molecule has 0 bridgehead atoms. The third kappa shape index (κ3) is 5.32. The van der Waals surface area contributed by atoms with Crippen LogP contribution in [-0.2, 0) is 4.79 Å². The van der Waals surface area contributed by atoms with E-state index in [0.29, 0.717) is 19.6 Å². The molecule has 1 aromatic carbocycles. The second-order valence-electron chi connectivity index (χ2n) is 6.95. The molecule has 1 aliphatic rings. The number of para-hydroxylation sites is 1. The Kier molecular flexibility index (Phi) is 6.87. The van der Waals surface area contributed by atoms with Gasteiger partial charge in [0.25, 0.3) is 5.91 Å². The first kappa shape index (κ1) is 19.4. The fourth-order valence-corrected chi connectivity index (χ4v) is 4.08. The van der Waals surface area contributed by atoms with Gasteiger partial charge in [-0.2, -0.15) is 0 Å². The number of anilines is 1. The summed E-state index contributed by atoms with van der Waals surface area (Å²) in [5, 5.41) is 4.98. The number of piperidine rings is 1. The van der Waals surface area contributed by atoms with Crippen molar-refractivity contribution < 1.29 is 9.59 Å². The molecular formula is C21H27N3O2S. The van der Waals surface area contributed by atoms with Gasteiger partial charge in [0.1, 0.15) is 0 Å². The van der Waals surface area contributed by atoms with Crippen molar-refractivity contribution in [1.82, 2.24) is 10.2 Å². The van der Waals surface area contributed by atoms with Crippen molar-refractivity contribution in [3.63, 3.8) is 0 Å². The molecule has 0 radical (unpaired) electrons. The lowest BCUT2D eigenvalue weighted by molar-refractivity contribution is -0.126. The summed E-state index contributed by atoms with van der Waals surface area (Å²) >= 11 is 1.47. The summed E-state index contributed by atoms with van der Waals surface area (Å²) in [5.41, 5.74) is 1.19. The van der Waals surface area contributed by atoms with Crippen molar-refractivity contribution in [3.8, 4) is 0 Å². The van der Waals surface area contributed by atoms with E-state index in [1.807, 2.05) is 40.6 Å². The molecule has 0 aliphatic carbocycles. The fourth-order valence-electron chi connectivity index (χ4n) is 3.38. The third-order valence-corrected chi connectivity index (χ3v) is 5.91. The van der Waals surface area contributed by atoms with Gasteiger partial charge in [0.15, 0.2) is 0 Å². The maximum atomic E-state index is 12.4. The lowest BCUT2D eigenvalue weighted by atomic mass is 9.95. The number of thiophene rings is 1. The number of rotatable bonds is 7. The molecule has 3 rings (SSSR count). The molecule has 2 amide bonds. The average Bonchev–Trinajstić information content (AvgIpc) is 3.26. The lowest BCUT2D eigenvalue weighted by Gasteiger charge is -2.31. The van der Waals surface area contributed by atoms with E-state index in [1.165, 1.54) is 17.0 Å². The number of nitrogens with zero attached hydrogens (tertiary/aromatic N) is 2. The van der Waals surface area contributed by atoms with Gasteiger partial charge in [0.2, 0.25) is 5.91 Å². The SMILES string of the molecule is CN(CCCNC(=O)C1CCN(C(=O)c2cccs2)CC1)c1ccccc1. The summed E-state index contributed by atoms with van der Waals surface area (Å²) in [6.45, 7) is 2.90. The standard InChI is InChI=1S/C21H27N3O2S/c1-23(18-7-3-2-4-8-18)13-6-12-22-20(25)17-10-14-24(15-11-17)21(26)19-9-5-16-27-19/h2-5,7-9,16-17H,6,10-15H2,1H3,(H,22,25). The number of hydrogen-bond donors (Lipinski definition) is 1.